The number of fused-ring (bicyclic) bond motifs is 1. The normalized spacial score (nSPS) is 13.9. The molecule has 0 aliphatic carbocycles. The molecule has 0 atom stereocenters. The second kappa shape index (κ2) is 4.32. The largest absolute Gasteiger partial charge is 0.305 e. The molecule has 0 unspecified atom stereocenters. The summed E-state index contributed by atoms with van der Waals surface area (Å²) >= 11 is 3.23. The van der Waals surface area contributed by atoms with E-state index >= 15 is 0 Å². The Bertz CT molecular complexity index is 619. The van der Waals surface area contributed by atoms with Crippen LogP contribution in [-0.4, -0.2) is 16.6 Å². The highest BCUT2D eigenvalue weighted by molar-refractivity contribution is 7.08. The second-order valence-electron chi connectivity index (χ2n) is 4.18. The third-order valence-electron chi connectivity index (χ3n) is 3.14. The first kappa shape index (κ1) is 11.0. The fourth-order valence-electron chi connectivity index (χ4n) is 2.29. The van der Waals surface area contributed by atoms with Gasteiger partial charge in [0.1, 0.15) is 18.3 Å². The predicted molar refractivity (Wildman–Crippen MR) is 79.8 cm³/mol. The average Bonchev–Trinajstić information content (AvgIpc) is 3.18. The zero-order chi connectivity index (χ0) is 12.7. The number of hydrogen-bond acceptors (Lipinski definition) is 6. The molecule has 0 fully saturated rings. The molecule has 1 aliphatic rings. The van der Waals surface area contributed by atoms with Crippen molar-refractivity contribution in [2.24, 2.45) is 0 Å². The summed E-state index contributed by atoms with van der Waals surface area (Å²) in [7, 11) is 0. The highest BCUT2D eigenvalue weighted by atomic mass is 32.1. The number of para-hydroxylation sites is 2. The number of thiazole rings is 2. The number of aromatic nitrogens is 2. The Morgan fingerprint density at radius 3 is 1.79 bits per heavy atom. The summed E-state index contributed by atoms with van der Waals surface area (Å²) in [5, 5.41) is 4.14. The van der Waals surface area contributed by atoms with E-state index in [0.29, 0.717) is 0 Å². The molecule has 3 heterocycles. The van der Waals surface area contributed by atoms with Gasteiger partial charge in [0.25, 0.3) is 0 Å². The Morgan fingerprint density at radius 2 is 1.37 bits per heavy atom. The van der Waals surface area contributed by atoms with Gasteiger partial charge in [0.2, 0.25) is 0 Å². The molecule has 1 aliphatic heterocycles. The summed E-state index contributed by atoms with van der Waals surface area (Å²) in [5.41, 5.74) is 6.09. The molecular formula is C13H10N4S2. The van der Waals surface area contributed by atoms with E-state index in [2.05, 4.69) is 54.8 Å². The Hall–Kier alpha value is -1.92. The molecule has 0 amide bonds. The highest BCUT2D eigenvalue weighted by Gasteiger charge is 2.29. The predicted octanol–water partition coefficient (Wildman–Crippen LogP) is 3.85. The molecular weight excluding hydrogens is 276 g/mol. The van der Waals surface area contributed by atoms with Crippen molar-refractivity contribution >= 4 is 45.7 Å². The van der Waals surface area contributed by atoms with Crippen LogP contribution in [0.2, 0.25) is 0 Å². The molecule has 0 N–H and O–H groups in total. The van der Waals surface area contributed by atoms with E-state index in [-0.39, 0.29) is 0 Å². The van der Waals surface area contributed by atoms with Gasteiger partial charge in [-0.1, -0.05) is 12.1 Å². The maximum absolute atomic E-state index is 4.41. The van der Waals surface area contributed by atoms with Crippen LogP contribution in [0.3, 0.4) is 0 Å². The average molecular weight is 286 g/mol. The summed E-state index contributed by atoms with van der Waals surface area (Å²) in [5.74, 6) is 1.99. The topological polar surface area (TPSA) is 32.3 Å². The van der Waals surface area contributed by atoms with E-state index in [0.717, 1.165) is 18.3 Å². The molecule has 0 saturated heterocycles. The van der Waals surface area contributed by atoms with Crippen LogP contribution in [0, 0.1) is 0 Å². The monoisotopic (exact) mass is 286 g/mol. The van der Waals surface area contributed by atoms with E-state index in [4.69, 9.17) is 0 Å². The first-order valence-electron chi connectivity index (χ1n) is 5.84. The number of benzene rings is 1. The first-order chi connectivity index (χ1) is 9.43. The van der Waals surface area contributed by atoms with Gasteiger partial charge in [0, 0.05) is 10.8 Å². The van der Waals surface area contributed by atoms with Crippen molar-refractivity contribution in [1.82, 2.24) is 9.97 Å². The lowest BCUT2D eigenvalue weighted by atomic mass is 10.2. The van der Waals surface area contributed by atoms with Crippen molar-refractivity contribution in [2.45, 2.75) is 0 Å². The first-order valence-corrected chi connectivity index (χ1v) is 7.72. The summed E-state index contributed by atoms with van der Waals surface area (Å²) in [6.07, 6.45) is 0. The molecule has 0 spiro atoms. The van der Waals surface area contributed by atoms with Gasteiger partial charge in [-0.25, -0.2) is 9.97 Å². The Labute approximate surface area is 118 Å². The molecule has 2 aromatic heterocycles. The Balaban J connectivity index is 1.82. The third-order valence-corrected chi connectivity index (χ3v) is 4.29. The zero-order valence-corrected chi connectivity index (χ0v) is 11.6. The zero-order valence-electron chi connectivity index (χ0n) is 9.93. The molecule has 6 heteroatoms. The maximum atomic E-state index is 4.41. The van der Waals surface area contributed by atoms with Crippen LogP contribution in [0.1, 0.15) is 0 Å². The lowest BCUT2D eigenvalue weighted by molar-refractivity contribution is 0.961. The van der Waals surface area contributed by atoms with Gasteiger partial charge in [-0.05, 0) is 12.1 Å². The fourth-order valence-corrected chi connectivity index (χ4v) is 3.36. The molecule has 3 aromatic rings. The van der Waals surface area contributed by atoms with Crippen molar-refractivity contribution in [3.8, 4) is 0 Å². The maximum Gasteiger partial charge on any atom is 0.145 e. The van der Waals surface area contributed by atoms with E-state index < -0.39 is 0 Å². The SMILES string of the molecule is c1ccc2c(c1)N(c1cscn1)CN2c1cscn1. The van der Waals surface area contributed by atoms with E-state index in [1.165, 1.54) is 11.4 Å². The quantitative estimate of drug-likeness (QED) is 0.716. The van der Waals surface area contributed by atoms with Gasteiger partial charge in [0.15, 0.2) is 0 Å². The molecule has 94 valence electrons. The van der Waals surface area contributed by atoms with Crippen LogP contribution < -0.4 is 9.80 Å². The van der Waals surface area contributed by atoms with Crippen LogP contribution in [0.15, 0.2) is 46.0 Å². The Kier molecular flexibility index (Phi) is 2.49. The van der Waals surface area contributed by atoms with E-state index in [1.54, 1.807) is 22.7 Å². The van der Waals surface area contributed by atoms with Gasteiger partial charge in [0.05, 0.1) is 22.4 Å². The van der Waals surface area contributed by atoms with Crippen LogP contribution in [0.25, 0.3) is 0 Å². The summed E-state index contributed by atoms with van der Waals surface area (Å²) in [6.45, 7) is 0.757. The smallest absolute Gasteiger partial charge is 0.145 e. The molecule has 0 radical (unpaired) electrons. The van der Waals surface area contributed by atoms with Crippen molar-refractivity contribution in [1.29, 1.82) is 0 Å². The minimum Gasteiger partial charge on any atom is -0.305 e. The van der Waals surface area contributed by atoms with Crippen LogP contribution >= 0.6 is 22.7 Å². The van der Waals surface area contributed by atoms with E-state index in [9.17, 15) is 0 Å². The second-order valence-corrected chi connectivity index (χ2v) is 5.62. The number of rotatable bonds is 2. The highest BCUT2D eigenvalue weighted by Crippen LogP contribution is 2.43. The van der Waals surface area contributed by atoms with Gasteiger partial charge in [-0.15, -0.1) is 22.7 Å². The summed E-state index contributed by atoms with van der Waals surface area (Å²) in [4.78, 5) is 13.3. The number of hydrogen-bond donors (Lipinski definition) is 0. The number of nitrogens with zero attached hydrogens (tertiary/aromatic N) is 4. The minimum atomic E-state index is 0.757. The molecule has 4 rings (SSSR count). The van der Waals surface area contributed by atoms with Crippen LogP contribution in [0.5, 0.6) is 0 Å². The fraction of sp³-hybridized carbons (Fsp3) is 0.0769. The standard InChI is InChI=1S/C13H10N4S2/c1-2-4-11-10(3-1)16(12-5-18-7-14-12)9-17(11)13-6-19-8-15-13/h1-8H,9H2. The van der Waals surface area contributed by atoms with Crippen LogP contribution in [-0.2, 0) is 0 Å². The molecule has 0 saturated carbocycles. The van der Waals surface area contributed by atoms with Gasteiger partial charge in [-0.3, -0.25) is 0 Å². The molecule has 1 aromatic carbocycles. The van der Waals surface area contributed by atoms with Crippen molar-refractivity contribution in [3.05, 3.63) is 46.0 Å². The molecule has 19 heavy (non-hydrogen) atoms. The molecule has 0 bridgehead atoms. The summed E-state index contributed by atoms with van der Waals surface area (Å²) < 4.78 is 0. The molecule has 4 nitrogen and oxygen atoms in total. The van der Waals surface area contributed by atoms with Crippen molar-refractivity contribution in [2.75, 3.05) is 16.5 Å². The van der Waals surface area contributed by atoms with E-state index in [1.807, 2.05) is 11.0 Å². The summed E-state index contributed by atoms with van der Waals surface area (Å²) in [6, 6.07) is 8.37. The van der Waals surface area contributed by atoms with Gasteiger partial charge >= 0.3 is 0 Å². The third kappa shape index (κ3) is 1.72. The lowest BCUT2D eigenvalue weighted by Crippen LogP contribution is -2.24. The van der Waals surface area contributed by atoms with Gasteiger partial charge in [-0.2, -0.15) is 0 Å². The Morgan fingerprint density at radius 1 is 0.842 bits per heavy atom. The number of anilines is 4. The van der Waals surface area contributed by atoms with Crippen molar-refractivity contribution in [3.63, 3.8) is 0 Å². The lowest BCUT2D eigenvalue weighted by Gasteiger charge is -2.18. The van der Waals surface area contributed by atoms with Crippen molar-refractivity contribution < 1.29 is 0 Å². The minimum absolute atomic E-state index is 0.757. The van der Waals surface area contributed by atoms with Crippen LogP contribution in [0.4, 0.5) is 23.0 Å². The van der Waals surface area contributed by atoms with Gasteiger partial charge < -0.3 is 9.80 Å².